The number of nitrogens with zero attached hydrogens (tertiary/aromatic N) is 1. The van der Waals surface area contributed by atoms with Gasteiger partial charge >= 0.3 is 5.97 Å². The molecule has 3 rings (SSSR count). The van der Waals surface area contributed by atoms with Gasteiger partial charge in [0, 0.05) is 25.3 Å². The summed E-state index contributed by atoms with van der Waals surface area (Å²) in [7, 11) is 0. The number of hydrogen-bond donors (Lipinski definition) is 1. The number of anilines is 2. The molecule has 1 aliphatic rings. The Bertz CT molecular complexity index is 919. The van der Waals surface area contributed by atoms with Crippen LogP contribution in [0.3, 0.4) is 0 Å². The van der Waals surface area contributed by atoms with Crippen LogP contribution in [0.5, 0.6) is 11.5 Å². The Labute approximate surface area is 203 Å². The molecule has 1 heterocycles. The van der Waals surface area contributed by atoms with Gasteiger partial charge in [0.2, 0.25) is 0 Å². The SMILES string of the molecule is CCOC(=O)COc1c(Br)cc(CNc2ccc(N3CCCCC3)c(Cl)c2)cc1OCC. The van der Waals surface area contributed by atoms with Gasteiger partial charge in [0.15, 0.2) is 18.1 Å². The van der Waals surface area contributed by atoms with E-state index >= 15 is 0 Å². The summed E-state index contributed by atoms with van der Waals surface area (Å²) in [6.45, 7) is 6.98. The number of hydrogen-bond acceptors (Lipinski definition) is 6. The molecule has 0 spiro atoms. The molecule has 0 aliphatic carbocycles. The molecule has 32 heavy (non-hydrogen) atoms. The van der Waals surface area contributed by atoms with Gasteiger partial charge in [-0.3, -0.25) is 0 Å². The molecule has 6 nitrogen and oxygen atoms in total. The lowest BCUT2D eigenvalue weighted by Crippen LogP contribution is -2.29. The van der Waals surface area contributed by atoms with Crippen LogP contribution >= 0.6 is 27.5 Å². The van der Waals surface area contributed by atoms with Crippen molar-refractivity contribution in [1.82, 2.24) is 0 Å². The van der Waals surface area contributed by atoms with E-state index in [4.69, 9.17) is 25.8 Å². The topological polar surface area (TPSA) is 60.0 Å². The van der Waals surface area contributed by atoms with E-state index in [1.807, 2.05) is 25.1 Å². The third-order valence-corrected chi connectivity index (χ3v) is 6.04. The number of carbonyl (C=O) groups excluding carboxylic acids is 1. The highest BCUT2D eigenvalue weighted by molar-refractivity contribution is 9.10. The molecule has 2 aromatic rings. The second-order valence-electron chi connectivity index (χ2n) is 7.50. The summed E-state index contributed by atoms with van der Waals surface area (Å²) in [6, 6.07) is 9.97. The van der Waals surface area contributed by atoms with Crippen molar-refractivity contribution in [1.29, 1.82) is 0 Å². The molecule has 0 unspecified atom stereocenters. The maximum absolute atomic E-state index is 11.6. The van der Waals surface area contributed by atoms with Gasteiger partial charge in [0.1, 0.15) is 0 Å². The summed E-state index contributed by atoms with van der Waals surface area (Å²) < 4.78 is 17.0. The first-order valence-corrected chi connectivity index (χ1v) is 12.2. The minimum absolute atomic E-state index is 0.175. The molecule has 0 radical (unpaired) electrons. The molecule has 2 aromatic carbocycles. The second kappa shape index (κ2) is 12.2. The Morgan fingerprint density at radius 3 is 2.56 bits per heavy atom. The monoisotopic (exact) mass is 524 g/mol. The van der Waals surface area contributed by atoms with Gasteiger partial charge < -0.3 is 24.4 Å². The van der Waals surface area contributed by atoms with Gasteiger partial charge in [0.25, 0.3) is 0 Å². The highest BCUT2D eigenvalue weighted by Crippen LogP contribution is 2.37. The standard InChI is InChI=1S/C24H30BrClN2O4/c1-3-30-22-13-17(12-19(25)24(22)32-16-23(29)31-4-2)15-27-18-8-9-21(20(26)14-18)28-10-6-5-7-11-28/h8-9,12-14,27H,3-7,10-11,15-16H2,1-2H3. The number of benzene rings is 2. The smallest absolute Gasteiger partial charge is 0.344 e. The van der Waals surface area contributed by atoms with Crippen LogP contribution in [-0.4, -0.2) is 38.9 Å². The largest absolute Gasteiger partial charge is 0.490 e. The lowest BCUT2D eigenvalue weighted by Gasteiger charge is -2.29. The first-order valence-electron chi connectivity index (χ1n) is 11.0. The highest BCUT2D eigenvalue weighted by Gasteiger charge is 2.16. The Kier molecular flexibility index (Phi) is 9.36. The van der Waals surface area contributed by atoms with E-state index in [1.165, 1.54) is 19.3 Å². The molecular weight excluding hydrogens is 496 g/mol. The Morgan fingerprint density at radius 2 is 1.88 bits per heavy atom. The van der Waals surface area contributed by atoms with Crippen molar-refractivity contribution in [2.45, 2.75) is 39.7 Å². The summed E-state index contributed by atoms with van der Waals surface area (Å²) in [5.41, 5.74) is 3.05. The number of piperidine rings is 1. The van der Waals surface area contributed by atoms with Crippen molar-refractivity contribution in [2.75, 3.05) is 43.1 Å². The maximum Gasteiger partial charge on any atom is 0.344 e. The predicted octanol–water partition coefficient (Wildman–Crippen LogP) is 6.05. The Hall–Kier alpha value is -2.12. The fraction of sp³-hybridized carbons (Fsp3) is 0.458. The van der Waals surface area contributed by atoms with Gasteiger partial charge in [-0.15, -0.1) is 0 Å². The van der Waals surface area contributed by atoms with Crippen LogP contribution in [0.2, 0.25) is 5.02 Å². The van der Waals surface area contributed by atoms with Gasteiger partial charge in [-0.1, -0.05) is 11.6 Å². The van der Waals surface area contributed by atoms with Crippen LogP contribution in [0, 0.1) is 0 Å². The lowest BCUT2D eigenvalue weighted by atomic mass is 10.1. The average Bonchev–Trinajstić information content (AvgIpc) is 2.78. The minimum atomic E-state index is -0.419. The zero-order chi connectivity index (χ0) is 22.9. The summed E-state index contributed by atoms with van der Waals surface area (Å²) in [5, 5.41) is 4.18. The quantitative estimate of drug-likeness (QED) is 0.381. The van der Waals surface area contributed by atoms with Crippen molar-refractivity contribution < 1.29 is 19.0 Å². The van der Waals surface area contributed by atoms with Gasteiger partial charge in [-0.05, 0) is 84.9 Å². The molecule has 8 heteroatoms. The van der Waals surface area contributed by atoms with Crippen LogP contribution in [0.4, 0.5) is 11.4 Å². The normalized spacial score (nSPS) is 13.6. The van der Waals surface area contributed by atoms with Gasteiger partial charge in [-0.2, -0.15) is 0 Å². The molecule has 0 saturated carbocycles. The minimum Gasteiger partial charge on any atom is -0.490 e. The van der Waals surface area contributed by atoms with E-state index in [2.05, 4.69) is 38.3 Å². The number of carbonyl (C=O) groups is 1. The molecule has 1 saturated heterocycles. The number of halogens is 2. The number of ether oxygens (including phenoxy) is 3. The second-order valence-corrected chi connectivity index (χ2v) is 8.76. The van der Waals surface area contributed by atoms with Gasteiger partial charge in [0.05, 0.1) is 28.4 Å². The molecular formula is C24H30BrClN2O4. The fourth-order valence-corrected chi connectivity index (χ4v) is 4.58. The summed E-state index contributed by atoms with van der Waals surface area (Å²) in [5.74, 6) is 0.636. The van der Waals surface area contributed by atoms with Crippen LogP contribution < -0.4 is 19.7 Å². The average molecular weight is 526 g/mol. The molecule has 0 atom stereocenters. The van der Waals surface area contributed by atoms with Crippen LogP contribution in [-0.2, 0) is 16.1 Å². The van der Waals surface area contributed by atoms with Gasteiger partial charge in [-0.25, -0.2) is 4.79 Å². The van der Waals surface area contributed by atoms with E-state index < -0.39 is 5.97 Å². The van der Waals surface area contributed by atoms with E-state index in [0.29, 0.717) is 35.7 Å². The maximum atomic E-state index is 11.6. The number of esters is 1. The zero-order valence-corrected chi connectivity index (χ0v) is 20.9. The van der Waals surface area contributed by atoms with Crippen molar-refractivity contribution in [3.8, 4) is 11.5 Å². The first-order chi connectivity index (χ1) is 15.5. The Morgan fingerprint density at radius 1 is 1.09 bits per heavy atom. The number of nitrogens with one attached hydrogen (secondary N) is 1. The van der Waals surface area contributed by atoms with Crippen molar-refractivity contribution in [3.63, 3.8) is 0 Å². The third kappa shape index (κ3) is 6.69. The van der Waals surface area contributed by atoms with Crippen LogP contribution in [0.15, 0.2) is 34.8 Å². The molecule has 0 bridgehead atoms. The molecule has 1 aliphatic heterocycles. The Balaban J connectivity index is 1.67. The molecule has 0 aromatic heterocycles. The highest BCUT2D eigenvalue weighted by atomic mass is 79.9. The summed E-state index contributed by atoms with van der Waals surface area (Å²) in [6.07, 6.45) is 3.72. The molecule has 174 valence electrons. The van der Waals surface area contributed by atoms with Crippen molar-refractivity contribution >= 4 is 44.9 Å². The molecule has 1 fully saturated rings. The fourth-order valence-electron chi connectivity index (χ4n) is 3.67. The number of rotatable bonds is 10. The third-order valence-electron chi connectivity index (χ3n) is 5.15. The first kappa shape index (κ1) is 24.5. The molecule has 1 N–H and O–H groups in total. The van der Waals surface area contributed by atoms with E-state index in [9.17, 15) is 4.79 Å². The summed E-state index contributed by atoms with van der Waals surface area (Å²) >= 11 is 10.1. The zero-order valence-electron chi connectivity index (χ0n) is 18.6. The van der Waals surface area contributed by atoms with Crippen LogP contribution in [0.1, 0.15) is 38.7 Å². The summed E-state index contributed by atoms with van der Waals surface area (Å²) in [4.78, 5) is 14.0. The predicted molar refractivity (Wildman–Crippen MR) is 132 cm³/mol. The van der Waals surface area contributed by atoms with E-state index in [0.717, 1.165) is 35.1 Å². The van der Waals surface area contributed by atoms with Crippen molar-refractivity contribution in [3.05, 3.63) is 45.4 Å². The van der Waals surface area contributed by atoms with E-state index in [1.54, 1.807) is 6.92 Å². The van der Waals surface area contributed by atoms with Crippen molar-refractivity contribution in [2.24, 2.45) is 0 Å². The lowest BCUT2D eigenvalue weighted by molar-refractivity contribution is -0.145. The molecule has 0 amide bonds. The van der Waals surface area contributed by atoms with Crippen LogP contribution in [0.25, 0.3) is 0 Å². The van der Waals surface area contributed by atoms with E-state index in [-0.39, 0.29) is 6.61 Å².